The average Bonchev–Trinajstić information content (AvgIpc) is 2.73. The van der Waals surface area contributed by atoms with E-state index < -0.39 is 5.97 Å². The Labute approximate surface area is 99.0 Å². The molecule has 0 aliphatic carbocycles. The molecule has 2 amide bonds. The Bertz CT molecular complexity index is 428. The van der Waals surface area contributed by atoms with Gasteiger partial charge in [0.2, 0.25) is 0 Å². The van der Waals surface area contributed by atoms with Gasteiger partial charge in [-0.2, -0.15) is 0 Å². The first-order valence-corrected chi connectivity index (χ1v) is 5.52. The minimum absolute atomic E-state index is 0.0212. The Kier molecular flexibility index (Phi) is 3.27. The fraction of sp³-hybridized carbons (Fsp3) is 0.333. The highest BCUT2D eigenvalue weighted by Gasteiger charge is 2.18. The average molecular weight is 234 g/mol. The lowest BCUT2D eigenvalue weighted by Crippen LogP contribution is -2.29. The van der Waals surface area contributed by atoms with Gasteiger partial charge >= 0.3 is 12.0 Å². The van der Waals surface area contributed by atoms with Crippen LogP contribution in [0, 0.1) is 0 Å². The number of rotatable bonds is 4. The van der Waals surface area contributed by atoms with E-state index in [1.807, 2.05) is 0 Å². The molecular formula is C12H14N2O3. The number of urea groups is 1. The van der Waals surface area contributed by atoms with Gasteiger partial charge in [0, 0.05) is 19.6 Å². The summed E-state index contributed by atoms with van der Waals surface area (Å²) in [5.41, 5.74) is 1.32. The molecule has 1 aliphatic heterocycles. The van der Waals surface area contributed by atoms with Gasteiger partial charge in [0.25, 0.3) is 0 Å². The van der Waals surface area contributed by atoms with Crippen molar-refractivity contribution < 1.29 is 14.7 Å². The molecule has 0 atom stereocenters. The Morgan fingerprint density at radius 3 is 2.59 bits per heavy atom. The first-order valence-electron chi connectivity index (χ1n) is 5.52. The number of carbonyl (C=O) groups excluding carboxylic acids is 1. The molecular weight excluding hydrogens is 220 g/mol. The summed E-state index contributed by atoms with van der Waals surface area (Å²) in [7, 11) is 0. The highest BCUT2D eigenvalue weighted by molar-refractivity contribution is 5.87. The fourth-order valence-corrected chi connectivity index (χ4v) is 1.80. The number of nitrogens with zero attached hydrogens (tertiary/aromatic N) is 1. The molecule has 1 heterocycles. The topological polar surface area (TPSA) is 69.6 Å². The standard InChI is InChI=1S/C12H14N2O3/c15-11(16)10-3-1-9(2-4-10)5-7-14-8-6-13-12(14)17/h1-4H,5-8H2,(H,13,17)(H,15,16). The summed E-state index contributed by atoms with van der Waals surface area (Å²) in [6, 6.07) is 6.73. The van der Waals surface area contributed by atoms with E-state index in [0.29, 0.717) is 13.1 Å². The monoisotopic (exact) mass is 234 g/mol. The van der Waals surface area contributed by atoms with E-state index in [1.54, 1.807) is 29.2 Å². The van der Waals surface area contributed by atoms with Crippen LogP contribution in [0.3, 0.4) is 0 Å². The highest BCUT2D eigenvalue weighted by Crippen LogP contribution is 2.07. The quantitative estimate of drug-likeness (QED) is 0.815. The van der Waals surface area contributed by atoms with E-state index in [1.165, 1.54) is 0 Å². The molecule has 17 heavy (non-hydrogen) atoms. The molecule has 0 unspecified atom stereocenters. The zero-order valence-electron chi connectivity index (χ0n) is 9.35. The van der Waals surface area contributed by atoms with Gasteiger partial charge in [-0.25, -0.2) is 9.59 Å². The van der Waals surface area contributed by atoms with Crippen LogP contribution in [0.2, 0.25) is 0 Å². The SMILES string of the molecule is O=C(O)c1ccc(CCN2CCNC2=O)cc1. The number of hydrogen-bond donors (Lipinski definition) is 2. The maximum absolute atomic E-state index is 11.3. The fourth-order valence-electron chi connectivity index (χ4n) is 1.80. The van der Waals surface area contributed by atoms with E-state index >= 15 is 0 Å². The Balaban J connectivity index is 1.91. The highest BCUT2D eigenvalue weighted by atomic mass is 16.4. The minimum atomic E-state index is -0.921. The van der Waals surface area contributed by atoms with Crippen LogP contribution in [0.15, 0.2) is 24.3 Å². The first kappa shape index (κ1) is 11.4. The zero-order valence-corrected chi connectivity index (χ0v) is 9.35. The number of amides is 2. The Morgan fingerprint density at radius 2 is 2.06 bits per heavy atom. The molecule has 0 bridgehead atoms. The summed E-state index contributed by atoms with van der Waals surface area (Å²) in [5, 5.41) is 11.5. The Hall–Kier alpha value is -2.04. The van der Waals surface area contributed by atoms with Crippen molar-refractivity contribution in [1.82, 2.24) is 10.2 Å². The third kappa shape index (κ3) is 2.75. The van der Waals surface area contributed by atoms with Gasteiger partial charge in [-0.05, 0) is 24.1 Å². The second kappa shape index (κ2) is 4.86. The van der Waals surface area contributed by atoms with Crippen LogP contribution in [0.5, 0.6) is 0 Å². The first-order chi connectivity index (χ1) is 8.16. The van der Waals surface area contributed by atoms with Crippen LogP contribution >= 0.6 is 0 Å². The third-order valence-corrected chi connectivity index (χ3v) is 2.82. The molecule has 0 radical (unpaired) electrons. The van der Waals surface area contributed by atoms with Crippen LogP contribution in [-0.2, 0) is 6.42 Å². The number of nitrogens with one attached hydrogen (secondary N) is 1. The number of hydrogen-bond acceptors (Lipinski definition) is 2. The lowest BCUT2D eigenvalue weighted by Gasteiger charge is -2.13. The summed E-state index contributed by atoms with van der Waals surface area (Å²) >= 11 is 0. The maximum atomic E-state index is 11.3. The van der Waals surface area contributed by atoms with E-state index in [9.17, 15) is 9.59 Å². The van der Waals surface area contributed by atoms with E-state index in [-0.39, 0.29) is 11.6 Å². The van der Waals surface area contributed by atoms with Crippen molar-refractivity contribution in [2.45, 2.75) is 6.42 Å². The summed E-state index contributed by atoms with van der Waals surface area (Å²) in [6.45, 7) is 2.11. The number of benzene rings is 1. The largest absolute Gasteiger partial charge is 0.478 e. The predicted octanol–water partition coefficient (Wildman–Crippen LogP) is 0.952. The van der Waals surface area contributed by atoms with Crippen LogP contribution in [0.25, 0.3) is 0 Å². The van der Waals surface area contributed by atoms with Crippen LogP contribution in [0.4, 0.5) is 4.79 Å². The van der Waals surface area contributed by atoms with Crippen molar-refractivity contribution in [2.24, 2.45) is 0 Å². The molecule has 0 spiro atoms. The molecule has 1 aromatic carbocycles. The summed E-state index contributed by atoms with van der Waals surface area (Å²) in [4.78, 5) is 23.7. The van der Waals surface area contributed by atoms with Gasteiger partial charge in [-0.15, -0.1) is 0 Å². The number of carbonyl (C=O) groups is 2. The van der Waals surface area contributed by atoms with Crippen molar-refractivity contribution in [1.29, 1.82) is 0 Å². The van der Waals surface area contributed by atoms with E-state index in [0.717, 1.165) is 18.5 Å². The maximum Gasteiger partial charge on any atom is 0.335 e. The molecule has 2 rings (SSSR count). The van der Waals surface area contributed by atoms with Gasteiger partial charge in [-0.1, -0.05) is 12.1 Å². The molecule has 1 fully saturated rings. The molecule has 1 aliphatic rings. The normalized spacial score (nSPS) is 14.8. The second-order valence-corrected chi connectivity index (χ2v) is 3.97. The summed E-state index contributed by atoms with van der Waals surface area (Å²) in [6.07, 6.45) is 0.743. The van der Waals surface area contributed by atoms with Crippen LogP contribution in [-0.4, -0.2) is 41.6 Å². The van der Waals surface area contributed by atoms with E-state index in [2.05, 4.69) is 5.32 Å². The van der Waals surface area contributed by atoms with Gasteiger partial charge < -0.3 is 15.3 Å². The number of aromatic carboxylic acids is 1. The van der Waals surface area contributed by atoms with Crippen molar-refractivity contribution in [3.05, 3.63) is 35.4 Å². The van der Waals surface area contributed by atoms with Crippen molar-refractivity contribution in [3.63, 3.8) is 0 Å². The molecule has 90 valence electrons. The molecule has 0 aromatic heterocycles. The van der Waals surface area contributed by atoms with Crippen molar-refractivity contribution in [2.75, 3.05) is 19.6 Å². The third-order valence-electron chi connectivity index (χ3n) is 2.82. The smallest absolute Gasteiger partial charge is 0.335 e. The van der Waals surface area contributed by atoms with Gasteiger partial charge in [0.15, 0.2) is 0 Å². The minimum Gasteiger partial charge on any atom is -0.478 e. The summed E-state index contributed by atoms with van der Waals surface area (Å²) in [5.74, 6) is -0.921. The summed E-state index contributed by atoms with van der Waals surface area (Å²) < 4.78 is 0. The number of carboxylic acids is 1. The van der Waals surface area contributed by atoms with Gasteiger partial charge in [-0.3, -0.25) is 0 Å². The molecule has 5 nitrogen and oxygen atoms in total. The van der Waals surface area contributed by atoms with Crippen LogP contribution in [0.1, 0.15) is 15.9 Å². The van der Waals surface area contributed by atoms with Gasteiger partial charge in [0.05, 0.1) is 5.56 Å². The number of carboxylic acid groups (broad SMARTS) is 1. The molecule has 0 saturated carbocycles. The van der Waals surface area contributed by atoms with Crippen molar-refractivity contribution in [3.8, 4) is 0 Å². The van der Waals surface area contributed by atoms with Gasteiger partial charge in [0.1, 0.15) is 0 Å². The predicted molar refractivity (Wildman–Crippen MR) is 62.1 cm³/mol. The molecule has 1 aromatic rings. The lowest BCUT2D eigenvalue weighted by molar-refractivity contribution is 0.0697. The molecule has 1 saturated heterocycles. The molecule has 2 N–H and O–H groups in total. The van der Waals surface area contributed by atoms with Crippen LogP contribution < -0.4 is 5.32 Å². The lowest BCUT2D eigenvalue weighted by atomic mass is 10.1. The Morgan fingerprint density at radius 1 is 1.35 bits per heavy atom. The second-order valence-electron chi connectivity index (χ2n) is 3.97. The molecule has 5 heteroatoms. The van der Waals surface area contributed by atoms with Crippen molar-refractivity contribution >= 4 is 12.0 Å². The zero-order chi connectivity index (χ0) is 12.3. The van der Waals surface area contributed by atoms with E-state index in [4.69, 9.17) is 5.11 Å².